The van der Waals surface area contributed by atoms with Crippen LogP contribution in [0.1, 0.15) is 40.0 Å². The second-order valence-corrected chi connectivity index (χ2v) is 6.54. The van der Waals surface area contributed by atoms with E-state index in [1.54, 1.807) is 0 Å². The molecule has 2 aliphatic rings. The molecule has 3 rings (SSSR count). The highest BCUT2D eigenvalue weighted by atomic mass is 32.1. The van der Waals surface area contributed by atoms with Gasteiger partial charge in [0.1, 0.15) is 6.04 Å². The molecule has 1 fully saturated rings. The standard InChI is InChI=1S/C15H15N3O6S/c1-24-10(20)4-5-17-9(19)3-2-8(14(17)22)18-13(21)7-6-25-12(16)11(7)15(18)23/h6,8H,2-5,16H2,1H3. The number of anilines is 1. The number of nitrogens with two attached hydrogens (primary N) is 1. The molecule has 9 nitrogen and oxygen atoms in total. The van der Waals surface area contributed by atoms with Gasteiger partial charge in [-0.3, -0.25) is 33.8 Å². The lowest BCUT2D eigenvalue weighted by atomic mass is 10.0. The van der Waals surface area contributed by atoms with Crippen molar-refractivity contribution in [2.24, 2.45) is 0 Å². The largest absolute Gasteiger partial charge is 0.469 e. The molecule has 3 heterocycles. The Balaban J connectivity index is 1.82. The Kier molecular flexibility index (Phi) is 4.29. The molecule has 25 heavy (non-hydrogen) atoms. The number of piperidine rings is 1. The average Bonchev–Trinajstić information content (AvgIpc) is 3.08. The maximum atomic E-state index is 12.7. The van der Waals surface area contributed by atoms with Crippen molar-refractivity contribution in [3.63, 3.8) is 0 Å². The molecule has 2 N–H and O–H groups in total. The van der Waals surface area contributed by atoms with E-state index in [4.69, 9.17) is 5.73 Å². The summed E-state index contributed by atoms with van der Waals surface area (Å²) in [5.74, 6) is -2.90. The number of methoxy groups -OCH3 is 1. The van der Waals surface area contributed by atoms with Crippen molar-refractivity contribution in [2.75, 3.05) is 19.4 Å². The first-order chi connectivity index (χ1) is 11.9. The number of hydrogen-bond donors (Lipinski definition) is 1. The van der Waals surface area contributed by atoms with Crippen LogP contribution in [0.15, 0.2) is 5.38 Å². The van der Waals surface area contributed by atoms with E-state index in [0.29, 0.717) is 0 Å². The van der Waals surface area contributed by atoms with Gasteiger partial charge in [-0.05, 0) is 6.42 Å². The molecule has 0 bridgehead atoms. The van der Waals surface area contributed by atoms with Crippen LogP contribution in [-0.2, 0) is 19.1 Å². The van der Waals surface area contributed by atoms with Gasteiger partial charge in [0.25, 0.3) is 17.7 Å². The number of ether oxygens (including phenoxy) is 1. The number of nitrogen functional groups attached to an aromatic ring is 1. The number of imide groups is 2. The molecule has 10 heteroatoms. The smallest absolute Gasteiger partial charge is 0.307 e. The first-order valence-corrected chi connectivity index (χ1v) is 8.40. The lowest BCUT2D eigenvalue weighted by molar-refractivity contribution is -0.152. The van der Waals surface area contributed by atoms with Crippen molar-refractivity contribution in [3.05, 3.63) is 16.5 Å². The van der Waals surface area contributed by atoms with Crippen LogP contribution in [0.3, 0.4) is 0 Å². The maximum absolute atomic E-state index is 12.7. The number of carbonyl (C=O) groups excluding carboxylic acids is 5. The van der Waals surface area contributed by atoms with Crippen LogP contribution in [0.5, 0.6) is 0 Å². The summed E-state index contributed by atoms with van der Waals surface area (Å²) < 4.78 is 4.50. The molecule has 4 amide bonds. The molecule has 0 radical (unpaired) electrons. The van der Waals surface area contributed by atoms with Gasteiger partial charge >= 0.3 is 5.97 Å². The SMILES string of the molecule is COC(=O)CCN1C(=O)CCC(N2C(=O)c3csc(N)c3C2=O)C1=O. The van der Waals surface area contributed by atoms with E-state index in [0.717, 1.165) is 21.1 Å². The van der Waals surface area contributed by atoms with Gasteiger partial charge in [-0.25, -0.2) is 0 Å². The van der Waals surface area contributed by atoms with Gasteiger partial charge in [-0.1, -0.05) is 0 Å². The van der Waals surface area contributed by atoms with Crippen molar-refractivity contribution < 1.29 is 28.7 Å². The number of nitrogens with zero attached hydrogens (tertiary/aromatic N) is 2. The first kappa shape index (κ1) is 17.1. The third-order valence-corrected chi connectivity index (χ3v) is 5.08. The summed E-state index contributed by atoms with van der Waals surface area (Å²) in [6.07, 6.45) is -0.100. The highest BCUT2D eigenvalue weighted by Crippen LogP contribution is 2.35. The van der Waals surface area contributed by atoms with E-state index in [1.165, 1.54) is 12.5 Å². The highest BCUT2D eigenvalue weighted by Gasteiger charge is 2.48. The minimum Gasteiger partial charge on any atom is -0.469 e. The summed E-state index contributed by atoms with van der Waals surface area (Å²) in [6.45, 7) is -0.152. The second kappa shape index (κ2) is 6.28. The van der Waals surface area contributed by atoms with Crippen LogP contribution in [0.4, 0.5) is 5.00 Å². The second-order valence-electron chi connectivity index (χ2n) is 5.63. The summed E-state index contributed by atoms with van der Waals surface area (Å²) in [5, 5.41) is 1.70. The Morgan fingerprint density at radius 3 is 2.68 bits per heavy atom. The van der Waals surface area contributed by atoms with E-state index in [9.17, 15) is 24.0 Å². The number of amides is 4. The molecule has 1 aromatic heterocycles. The minimum absolute atomic E-state index is 0.00301. The molecule has 1 saturated heterocycles. The van der Waals surface area contributed by atoms with E-state index < -0.39 is 35.6 Å². The molecule has 1 atom stereocenters. The molecule has 132 valence electrons. The number of carbonyl (C=O) groups is 5. The molecule has 0 spiro atoms. The van der Waals surface area contributed by atoms with Gasteiger partial charge in [-0.15, -0.1) is 11.3 Å². The quantitative estimate of drug-likeness (QED) is 0.588. The number of likely N-dealkylation sites (tertiary alicyclic amines) is 1. The number of thiophene rings is 1. The first-order valence-electron chi connectivity index (χ1n) is 7.52. The monoisotopic (exact) mass is 365 g/mol. The van der Waals surface area contributed by atoms with E-state index in [1.807, 2.05) is 0 Å². The number of esters is 1. The van der Waals surface area contributed by atoms with E-state index in [-0.39, 0.29) is 41.9 Å². The summed E-state index contributed by atoms with van der Waals surface area (Å²) in [7, 11) is 1.20. The van der Waals surface area contributed by atoms with Crippen LogP contribution in [-0.4, -0.2) is 59.1 Å². The van der Waals surface area contributed by atoms with Gasteiger partial charge in [0, 0.05) is 18.3 Å². The maximum Gasteiger partial charge on any atom is 0.307 e. The number of hydrogen-bond acceptors (Lipinski definition) is 8. The van der Waals surface area contributed by atoms with Crippen molar-refractivity contribution in [1.82, 2.24) is 9.80 Å². The molecule has 0 saturated carbocycles. The van der Waals surface area contributed by atoms with Gasteiger partial charge in [0.05, 0.1) is 29.7 Å². The Hall–Kier alpha value is -2.75. The fraction of sp³-hybridized carbons (Fsp3) is 0.400. The Labute approximate surface area is 146 Å². The fourth-order valence-corrected chi connectivity index (χ4v) is 3.76. The Bertz CT molecular complexity index is 801. The predicted molar refractivity (Wildman–Crippen MR) is 85.6 cm³/mol. The lowest BCUT2D eigenvalue weighted by Gasteiger charge is -2.34. The van der Waals surface area contributed by atoms with Crippen molar-refractivity contribution in [3.8, 4) is 0 Å². The van der Waals surface area contributed by atoms with Crippen LogP contribution in [0.2, 0.25) is 0 Å². The van der Waals surface area contributed by atoms with Crippen molar-refractivity contribution in [1.29, 1.82) is 0 Å². The van der Waals surface area contributed by atoms with E-state index >= 15 is 0 Å². The Morgan fingerprint density at radius 1 is 1.32 bits per heavy atom. The summed E-state index contributed by atoms with van der Waals surface area (Å²) >= 11 is 1.09. The van der Waals surface area contributed by atoms with Gasteiger partial charge in [0.2, 0.25) is 5.91 Å². The van der Waals surface area contributed by atoms with Gasteiger partial charge in [0.15, 0.2) is 0 Å². The summed E-state index contributed by atoms with van der Waals surface area (Å²) in [4.78, 5) is 62.7. The molecule has 0 aliphatic carbocycles. The normalized spacial score (nSPS) is 20.3. The highest BCUT2D eigenvalue weighted by molar-refractivity contribution is 7.14. The predicted octanol–water partition coefficient (Wildman–Crippen LogP) is 0.00700. The van der Waals surface area contributed by atoms with Crippen molar-refractivity contribution >= 4 is 45.9 Å². The summed E-state index contributed by atoms with van der Waals surface area (Å²) in [6, 6.07) is -1.08. The number of rotatable bonds is 4. The van der Waals surface area contributed by atoms with Crippen LogP contribution >= 0.6 is 11.3 Å². The molecule has 1 unspecified atom stereocenters. The molecule has 1 aromatic rings. The zero-order valence-corrected chi connectivity index (χ0v) is 14.1. The number of fused-ring (bicyclic) bond motifs is 1. The summed E-state index contributed by atoms with van der Waals surface area (Å²) in [5.41, 5.74) is 6.03. The molecular formula is C15H15N3O6S. The van der Waals surface area contributed by atoms with Gasteiger partial charge < -0.3 is 10.5 Å². The Morgan fingerprint density at radius 2 is 2.04 bits per heavy atom. The van der Waals surface area contributed by atoms with Crippen molar-refractivity contribution in [2.45, 2.75) is 25.3 Å². The minimum atomic E-state index is -1.08. The topological polar surface area (TPSA) is 127 Å². The van der Waals surface area contributed by atoms with Crippen LogP contribution in [0, 0.1) is 0 Å². The average molecular weight is 365 g/mol. The van der Waals surface area contributed by atoms with Crippen LogP contribution in [0.25, 0.3) is 0 Å². The molecular weight excluding hydrogens is 350 g/mol. The van der Waals surface area contributed by atoms with E-state index in [2.05, 4.69) is 4.74 Å². The third kappa shape index (κ3) is 2.68. The fourth-order valence-electron chi connectivity index (χ4n) is 2.98. The lowest BCUT2D eigenvalue weighted by Crippen LogP contribution is -2.56. The molecule has 0 aromatic carbocycles. The zero-order chi connectivity index (χ0) is 18.3. The van der Waals surface area contributed by atoms with Crippen LogP contribution < -0.4 is 5.73 Å². The third-order valence-electron chi connectivity index (χ3n) is 4.26. The van der Waals surface area contributed by atoms with Gasteiger partial charge in [-0.2, -0.15) is 0 Å². The molecule has 2 aliphatic heterocycles. The zero-order valence-electron chi connectivity index (χ0n) is 13.3.